The molecule has 1 saturated heterocycles. The van der Waals surface area contributed by atoms with Gasteiger partial charge >= 0.3 is 0 Å². The summed E-state index contributed by atoms with van der Waals surface area (Å²) in [6, 6.07) is 0. The second-order valence-corrected chi connectivity index (χ2v) is 3.20. The first-order valence-corrected chi connectivity index (χ1v) is 4.38. The van der Waals surface area contributed by atoms with Gasteiger partial charge in [-0.3, -0.25) is 0 Å². The van der Waals surface area contributed by atoms with Gasteiger partial charge in [-0.2, -0.15) is 0 Å². The van der Waals surface area contributed by atoms with E-state index in [0.29, 0.717) is 0 Å². The van der Waals surface area contributed by atoms with Crippen LogP contribution in [-0.4, -0.2) is 49.3 Å². The highest BCUT2D eigenvalue weighted by atomic mass is 16.3. The number of aliphatic hydroxyl groups excluding tert-OH is 1. The molecular formula is C8H18N2O. The van der Waals surface area contributed by atoms with Gasteiger partial charge in [0.15, 0.2) is 0 Å². The van der Waals surface area contributed by atoms with Crippen molar-refractivity contribution in [2.24, 2.45) is 0 Å². The lowest BCUT2D eigenvalue weighted by Crippen LogP contribution is -2.25. The molecular weight excluding hydrogens is 140 g/mol. The van der Waals surface area contributed by atoms with Gasteiger partial charge in [-0.1, -0.05) is 0 Å². The summed E-state index contributed by atoms with van der Waals surface area (Å²) in [5.74, 6) is 0. The monoisotopic (exact) mass is 158 g/mol. The van der Waals surface area contributed by atoms with Crippen molar-refractivity contribution >= 4 is 0 Å². The largest absolute Gasteiger partial charge is 0.392 e. The molecule has 0 aromatic heterocycles. The van der Waals surface area contributed by atoms with Crippen molar-refractivity contribution in [2.45, 2.75) is 18.9 Å². The number of β-amino-alcohol motifs (C(OH)–C–C–N with tert-alkyl or cyclic N) is 1. The maximum Gasteiger partial charge on any atom is 0.0679 e. The van der Waals surface area contributed by atoms with Gasteiger partial charge in [0.05, 0.1) is 6.10 Å². The van der Waals surface area contributed by atoms with Crippen LogP contribution in [0.5, 0.6) is 0 Å². The quantitative estimate of drug-likeness (QED) is 0.550. The topological polar surface area (TPSA) is 35.5 Å². The molecule has 1 fully saturated rings. The summed E-state index contributed by atoms with van der Waals surface area (Å²) in [6.07, 6.45) is 2.08. The van der Waals surface area contributed by atoms with Crippen molar-refractivity contribution in [3.8, 4) is 0 Å². The van der Waals surface area contributed by atoms with E-state index in [-0.39, 0.29) is 6.10 Å². The molecule has 1 aliphatic rings. The Morgan fingerprint density at radius 3 is 3.00 bits per heavy atom. The second kappa shape index (κ2) is 4.70. The van der Waals surface area contributed by atoms with Crippen LogP contribution in [0.1, 0.15) is 12.8 Å². The van der Waals surface area contributed by atoms with Crippen molar-refractivity contribution in [2.75, 3.05) is 33.2 Å². The van der Waals surface area contributed by atoms with Gasteiger partial charge in [-0.15, -0.1) is 0 Å². The molecule has 3 heteroatoms. The molecule has 1 rings (SSSR count). The third-order valence-electron chi connectivity index (χ3n) is 2.15. The number of nitrogens with zero attached hydrogens (tertiary/aromatic N) is 1. The predicted octanol–water partition coefficient (Wildman–Crippen LogP) is -0.338. The van der Waals surface area contributed by atoms with E-state index in [1.165, 1.54) is 6.42 Å². The molecule has 3 nitrogen and oxygen atoms in total. The fraction of sp³-hybridized carbons (Fsp3) is 1.00. The Labute approximate surface area is 68.4 Å². The summed E-state index contributed by atoms with van der Waals surface area (Å²) < 4.78 is 0. The van der Waals surface area contributed by atoms with E-state index in [2.05, 4.69) is 10.2 Å². The molecule has 0 saturated carbocycles. The Morgan fingerprint density at radius 2 is 2.45 bits per heavy atom. The highest BCUT2D eigenvalue weighted by Gasteiger charge is 2.18. The van der Waals surface area contributed by atoms with Crippen molar-refractivity contribution in [3.05, 3.63) is 0 Å². The molecule has 66 valence electrons. The zero-order valence-electron chi connectivity index (χ0n) is 7.21. The average molecular weight is 158 g/mol. The normalized spacial score (nSPS) is 26.2. The van der Waals surface area contributed by atoms with Crippen LogP contribution in [0, 0.1) is 0 Å². The molecule has 0 aromatic carbocycles. The van der Waals surface area contributed by atoms with Crippen molar-refractivity contribution < 1.29 is 5.11 Å². The lowest BCUT2D eigenvalue weighted by atomic mass is 10.3. The Balaban J connectivity index is 1.99. The molecule has 11 heavy (non-hydrogen) atoms. The van der Waals surface area contributed by atoms with Gasteiger partial charge < -0.3 is 15.3 Å². The zero-order valence-corrected chi connectivity index (χ0v) is 7.21. The molecule has 0 bridgehead atoms. The Bertz CT molecular complexity index is 108. The summed E-state index contributed by atoms with van der Waals surface area (Å²) in [5.41, 5.74) is 0. The van der Waals surface area contributed by atoms with Gasteiger partial charge in [0.1, 0.15) is 0 Å². The van der Waals surface area contributed by atoms with Gasteiger partial charge in [-0.05, 0) is 33.0 Å². The minimum atomic E-state index is -0.0652. The predicted molar refractivity (Wildman–Crippen MR) is 45.6 cm³/mol. The van der Waals surface area contributed by atoms with E-state index in [9.17, 15) is 5.11 Å². The van der Waals surface area contributed by atoms with Gasteiger partial charge in [0.25, 0.3) is 0 Å². The minimum Gasteiger partial charge on any atom is -0.392 e. The van der Waals surface area contributed by atoms with Crippen molar-refractivity contribution in [1.29, 1.82) is 0 Å². The summed E-state index contributed by atoms with van der Waals surface area (Å²) in [4.78, 5) is 2.32. The average Bonchev–Trinajstić information content (AvgIpc) is 2.37. The Hall–Kier alpha value is -0.120. The number of rotatable bonds is 4. The molecule has 1 heterocycles. The van der Waals surface area contributed by atoms with Crippen LogP contribution in [0.3, 0.4) is 0 Å². The fourth-order valence-corrected chi connectivity index (χ4v) is 1.49. The highest BCUT2D eigenvalue weighted by Crippen LogP contribution is 2.07. The van der Waals surface area contributed by atoms with Crippen LogP contribution in [0.25, 0.3) is 0 Å². The zero-order chi connectivity index (χ0) is 8.10. The van der Waals surface area contributed by atoms with E-state index in [1.807, 2.05) is 7.05 Å². The molecule has 0 aromatic rings. The van der Waals surface area contributed by atoms with Crippen molar-refractivity contribution in [3.63, 3.8) is 0 Å². The molecule has 0 unspecified atom stereocenters. The summed E-state index contributed by atoms with van der Waals surface area (Å²) in [7, 11) is 1.97. The molecule has 1 atom stereocenters. The minimum absolute atomic E-state index is 0.0652. The van der Waals surface area contributed by atoms with Crippen LogP contribution < -0.4 is 5.32 Å². The maximum atomic E-state index is 9.20. The van der Waals surface area contributed by atoms with Crippen LogP contribution in [0.15, 0.2) is 0 Å². The number of hydrogen-bond donors (Lipinski definition) is 2. The van der Waals surface area contributed by atoms with E-state index in [1.54, 1.807) is 0 Å². The van der Waals surface area contributed by atoms with E-state index in [4.69, 9.17) is 0 Å². The fourth-order valence-electron chi connectivity index (χ4n) is 1.49. The lowest BCUT2D eigenvalue weighted by molar-refractivity contribution is 0.176. The van der Waals surface area contributed by atoms with Gasteiger partial charge in [0.2, 0.25) is 0 Å². The second-order valence-electron chi connectivity index (χ2n) is 3.20. The summed E-state index contributed by atoms with van der Waals surface area (Å²) in [6.45, 7) is 4.15. The lowest BCUT2D eigenvalue weighted by Gasteiger charge is -2.13. The van der Waals surface area contributed by atoms with Crippen LogP contribution in [0.2, 0.25) is 0 Å². The van der Waals surface area contributed by atoms with E-state index < -0.39 is 0 Å². The van der Waals surface area contributed by atoms with E-state index in [0.717, 1.165) is 32.6 Å². The SMILES string of the molecule is CNCCCN1CC[C@@H](O)C1. The number of likely N-dealkylation sites (tertiary alicyclic amines) is 1. The maximum absolute atomic E-state index is 9.20. The molecule has 2 N–H and O–H groups in total. The van der Waals surface area contributed by atoms with Gasteiger partial charge in [0, 0.05) is 13.1 Å². The first kappa shape index (κ1) is 8.97. The Morgan fingerprint density at radius 1 is 1.64 bits per heavy atom. The van der Waals surface area contributed by atoms with Crippen LogP contribution in [0.4, 0.5) is 0 Å². The number of nitrogens with one attached hydrogen (secondary N) is 1. The van der Waals surface area contributed by atoms with Crippen molar-refractivity contribution in [1.82, 2.24) is 10.2 Å². The first-order valence-electron chi connectivity index (χ1n) is 4.38. The Kier molecular flexibility index (Phi) is 3.83. The molecule has 0 amide bonds. The standard InChI is InChI=1S/C8H18N2O/c1-9-4-2-5-10-6-3-8(11)7-10/h8-9,11H,2-7H2,1H3/t8-/m1/s1. The van der Waals surface area contributed by atoms with Gasteiger partial charge in [-0.25, -0.2) is 0 Å². The van der Waals surface area contributed by atoms with E-state index >= 15 is 0 Å². The van der Waals surface area contributed by atoms with Crippen LogP contribution >= 0.6 is 0 Å². The summed E-state index contributed by atoms with van der Waals surface area (Å²) in [5, 5.41) is 12.3. The molecule has 0 spiro atoms. The smallest absolute Gasteiger partial charge is 0.0679 e. The highest BCUT2D eigenvalue weighted by molar-refractivity contribution is 4.73. The van der Waals surface area contributed by atoms with Crippen LogP contribution in [-0.2, 0) is 0 Å². The molecule has 1 aliphatic heterocycles. The number of hydrogen-bond acceptors (Lipinski definition) is 3. The third kappa shape index (κ3) is 3.18. The third-order valence-corrected chi connectivity index (χ3v) is 2.15. The first-order chi connectivity index (χ1) is 5.33. The molecule has 0 radical (unpaired) electrons. The molecule has 0 aliphatic carbocycles. The summed E-state index contributed by atoms with van der Waals surface area (Å²) >= 11 is 0. The number of aliphatic hydroxyl groups is 1.